The van der Waals surface area contributed by atoms with E-state index in [1.54, 1.807) is 6.26 Å². The first kappa shape index (κ1) is 9.66. The second-order valence-electron chi connectivity index (χ2n) is 4.56. The molecule has 3 heterocycles. The number of imidazole rings is 1. The first-order valence-electron chi connectivity index (χ1n) is 5.60. The first-order chi connectivity index (χ1) is 7.74. The molecule has 0 saturated heterocycles. The number of hydrogen-bond acceptors (Lipinski definition) is 3. The molecule has 1 aliphatic heterocycles. The maximum atomic E-state index is 6.09. The zero-order valence-electron chi connectivity index (χ0n) is 9.26. The lowest BCUT2D eigenvalue weighted by molar-refractivity contribution is 0.346. The molecule has 3 rings (SSSR count). The molecule has 16 heavy (non-hydrogen) atoms. The van der Waals surface area contributed by atoms with Gasteiger partial charge in [-0.05, 0) is 24.5 Å². The van der Waals surface area contributed by atoms with Crippen molar-refractivity contribution in [2.75, 3.05) is 0 Å². The Morgan fingerprint density at radius 2 is 2.44 bits per heavy atom. The Labute approximate surface area is 94.1 Å². The van der Waals surface area contributed by atoms with E-state index in [0.29, 0.717) is 5.92 Å². The summed E-state index contributed by atoms with van der Waals surface area (Å²) in [7, 11) is 0. The van der Waals surface area contributed by atoms with Gasteiger partial charge >= 0.3 is 0 Å². The molecular weight excluding hydrogens is 202 g/mol. The van der Waals surface area contributed by atoms with E-state index in [0.717, 1.165) is 30.2 Å². The van der Waals surface area contributed by atoms with E-state index in [2.05, 4.69) is 16.5 Å². The Morgan fingerprint density at radius 1 is 1.56 bits per heavy atom. The number of rotatable bonds is 1. The normalized spacial score (nSPS) is 24.4. The fraction of sp³-hybridized carbons (Fsp3) is 0.417. The van der Waals surface area contributed by atoms with Gasteiger partial charge < -0.3 is 14.7 Å². The third-order valence-electron chi connectivity index (χ3n) is 3.08. The smallest absolute Gasteiger partial charge is 0.153 e. The van der Waals surface area contributed by atoms with Crippen LogP contribution in [0.1, 0.15) is 25.2 Å². The molecule has 2 unspecified atom stereocenters. The monoisotopic (exact) mass is 217 g/mol. The molecule has 0 radical (unpaired) electrons. The first-order valence-corrected chi connectivity index (χ1v) is 5.60. The van der Waals surface area contributed by atoms with Crippen molar-refractivity contribution < 1.29 is 4.42 Å². The second-order valence-corrected chi connectivity index (χ2v) is 4.56. The van der Waals surface area contributed by atoms with Crippen molar-refractivity contribution in [3.05, 3.63) is 30.4 Å². The van der Waals surface area contributed by atoms with Gasteiger partial charge in [0.1, 0.15) is 11.5 Å². The van der Waals surface area contributed by atoms with E-state index in [9.17, 15) is 0 Å². The third kappa shape index (κ3) is 1.46. The van der Waals surface area contributed by atoms with Gasteiger partial charge in [-0.15, -0.1) is 0 Å². The van der Waals surface area contributed by atoms with Crippen molar-refractivity contribution in [1.29, 1.82) is 0 Å². The summed E-state index contributed by atoms with van der Waals surface area (Å²) in [6.45, 7) is 3.21. The van der Waals surface area contributed by atoms with Crippen molar-refractivity contribution >= 4 is 0 Å². The van der Waals surface area contributed by atoms with Gasteiger partial charge in [-0.2, -0.15) is 0 Å². The Bertz CT molecular complexity index is 486. The van der Waals surface area contributed by atoms with Gasteiger partial charge in [-0.3, -0.25) is 0 Å². The minimum Gasteiger partial charge on any atom is -0.463 e. The summed E-state index contributed by atoms with van der Waals surface area (Å²) in [6.07, 6.45) is 4.70. The van der Waals surface area contributed by atoms with Crippen LogP contribution in [0.3, 0.4) is 0 Å². The zero-order valence-corrected chi connectivity index (χ0v) is 9.26. The molecule has 0 aromatic carbocycles. The van der Waals surface area contributed by atoms with Gasteiger partial charge in [0.15, 0.2) is 5.76 Å². The summed E-state index contributed by atoms with van der Waals surface area (Å²) in [4.78, 5) is 4.55. The van der Waals surface area contributed by atoms with Crippen molar-refractivity contribution in [3.63, 3.8) is 0 Å². The molecule has 0 aliphatic carbocycles. The molecule has 0 spiro atoms. The Kier molecular flexibility index (Phi) is 2.11. The van der Waals surface area contributed by atoms with Crippen LogP contribution in [0.25, 0.3) is 11.5 Å². The topological polar surface area (TPSA) is 57.0 Å². The molecule has 4 heteroatoms. The van der Waals surface area contributed by atoms with Crippen LogP contribution in [0.15, 0.2) is 29.0 Å². The van der Waals surface area contributed by atoms with Gasteiger partial charge in [0.25, 0.3) is 0 Å². The molecule has 0 fully saturated rings. The van der Waals surface area contributed by atoms with E-state index >= 15 is 0 Å². The van der Waals surface area contributed by atoms with Crippen LogP contribution in [0.4, 0.5) is 0 Å². The van der Waals surface area contributed by atoms with Crippen molar-refractivity contribution in [3.8, 4) is 11.5 Å². The molecule has 1 aliphatic rings. The highest BCUT2D eigenvalue weighted by Crippen LogP contribution is 2.29. The van der Waals surface area contributed by atoms with Crippen LogP contribution in [0.5, 0.6) is 0 Å². The van der Waals surface area contributed by atoms with Crippen molar-refractivity contribution in [2.45, 2.75) is 25.9 Å². The minimum atomic E-state index is 0.0486. The lowest BCUT2D eigenvalue weighted by Crippen LogP contribution is -2.26. The molecule has 2 N–H and O–H groups in total. The predicted molar refractivity (Wildman–Crippen MR) is 60.6 cm³/mol. The Hall–Kier alpha value is -1.55. The summed E-state index contributed by atoms with van der Waals surface area (Å²) >= 11 is 0. The fourth-order valence-electron chi connectivity index (χ4n) is 2.36. The number of nitrogens with zero attached hydrogens (tertiary/aromatic N) is 2. The van der Waals surface area contributed by atoms with E-state index in [1.807, 2.05) is 18.3 Å². The predicted octanol–water partition coefficient (Wildman–Crippen LogP) is 2.18. The average Bonchev–Trinajstić information content (AvgIpc) is 2.82. The van der Waals surface area contributed by atoms with Gasteiger partial charge in [0, 0.05) is 12.7 Å². The number of fused-ring (bicyclic) bond motifs is 1. The van der Waals surface area contributed by atoms with Gasteiger partial charge in [-0.1, -0.05) is 6.92 Å². The zero-order chi connectivity index (χ0) is 11.1. The summed E-state index contributed by atoms with van der Waals surface area (Å²) in [5, 5.41) is 0. The van der Waals surface area contributed by atoms with E-state index < -0.39 is 0 Å². The highest BCUT2D eigenvalue weighted by atomic mass is 16.3. The second kappa shape index (κ2) is 3.49. The molecule has 0 bridgehead atoms. The van der Waals surface area contributed by atoms with Crippen LogP contribution in [-0.2, 0) is 6.54 Å². The molecule has 0 amide bonds. The Morgan fingerprint density at radius 3 is 3.19 bits per heavy atom. The maximum Gasteiger partial charge on any atom is 0.153 e. The minimum absolute atomic E-state index is 0.0486. The molecule has 4 nitrogen and oxygen atoms in total. The molecule has 2 aromatic heterocycles. The van der Waals surface area contributed by atoms with Gasteiger partial charge in [0.05, 0.1) is 12.3 Å². The average molecular weight is 217 g/mol. The van der Waals surface area contributed by atoms with E-state index in [-0.39, 0.29) is 6.04 Å². The summed E-state index contributed by atoms with van der Waals surface area (Å²) in [5.41, 5.74) is 6.97. The van der Waals surface area contributed by atoms with Crippen LogP contribution < -0.4 is 5.73 Å². The molecular formula is C12H15N3O. The number of nitrogens with two attached hydrogens (primary N) is 1. The fourth-order valence-corrected chi connectivity index (χ4v) is 2.36. The van der Waals surface area contributed by atoms with E-state index in [4.69, 9.17) is 10.2 Å². The van der Waals surface area contributed by atoms with Crippen molar-refractivity contribution in [1.82, 2.24) is 9.55 Å². The quantitative estimate of drug-likeness (QED) is 0.796. The van der Waals surface area contributed by atoms with Gasteiger partial charge in [-0.25, -0.2) is 4.98 Å². The van der Waals surface area contributed by atoms with Crippen molar-refractivity contribution in [2.24, 2.45) is 11.7 Å². The molecule has 2 atom stereocenters. The Balaban J connectivity index is 2.03. The molecule has 84 valence electrons. The lowest BCUT2D eigenvalue weighted by atomic mass is 9.98. The van der Waals surface area contributed by atoms with Crippen LogP contribution in [-0.4, -0.2) is 9.55 Å². The maximum absolute atomic E-state index is 6.09. The largest absolute Gasteiger partial charge is 0.463 e. The van der Waals surface area contributed by atoms with E-state index in [1.165, 1.54) is 0 Å². The molecule has 2 aromatic rings. The standard InChI is InChI=1S/C12H15N3O/c1-8-5-9(13)12-14-10(7-15(12)6-8)11-3-2-4-16-11/h2-4,7-9H,5-6,13H2,1H3. The highest BCUT2D eigenvalue weighted by molar-refractivity contribution is 5.51. The number of hydrogen-bond donors (Lipinski definition) is 1. The number of aromatic nitrogens is 2. The molecule has 0 saturated carbocycles. The summed E-state index contributed by atoms with van der Waals surface area (Å²) in [5.74, 6) is 2.40. The number of furan rings is 1. The van der Waals surface area contributed by atoms with Crippen LogP contribution in [0.2, 0.25) is 0 Å². The lowest BCUT2D eigenvalue weighted by Gasteiger charge is -2.25. The third-order valence-corrected chi connectivity index (χ3v) is 3.08. The van der Waals surface area contributed by atoms with Gasteiger partial charge in [0.2, 0.25) is 0 Å². The SMILES string of the molecule is CC1CC(N)c2nc(-c3ccco3)cn2C1. The summed E-state index contributed by atoms with van der Waals surface area (Å²) < 4.78 is 7.49. The highest BCUT2D eigenvalue weighted by Gasteiger charge is 2.24. The van der Waals surface area contributed by atoms with Crippen LogP contribution >= 0.6 is 0 Å². The summed E-state index contributed by atoms with van der Waals surface area (Å²) in [6, 6.07) is 3.84. The van der Waals surface area contributed by atoms with Crippen LogP contribution in [0, 0.1) is 5.92 Å².